The lowest BCUT2D eigenvalue weighted by atomic mass is 10.2. The summed E-state index contributed by atoms with van der Waals surface area (Å²) in [7, 11) is 6.08. The van der Waals surface area contributed by atoms with Crippen LogP contribution in [-0.4, -0.2) is 51.6 Å². The summed E-state index contributed by atoms with van der Waals surface area (Å²) in [5.41, 5.74) is 1.28. The lowest BCUT2D eigenvalue weighted by molar-refractivity contribution is 0.468. The number of nitrogens with zero attached hydrogens (tertiary/aromatic N) is 3. The minimum Gasteiger partial charge on any atom is -0.375 e. The third-order valence-corrected chi connectivity index (χ3v) is 3.88. The van der Waals surface area contributed by atoms with Crippen LogP contribution in [0.25, 0.3) is 0 Å². The zero-order valence-electron chi connectivity index (χ0n) is 15.4. The molecule has 0 aliphatic rings. The molecule has 0 aliphatic carbocycles. The second kappa shape index (κ2) is 14.1. The molecule has 0 heterocycles. The topological polar surface area (TPSA) is 30.9 Å². The SMILES string of the molecule is C=CCCCN(C)C(=NC)NCCCCN(C)c1ccccc1.I. The number of anilines is 1. The molecule has 0 radical (unpaired) electrons. The van der Waals surface area contributed by atoms with Crippen LogP contribution >= 0.6 is 24.0 Å². The van der Waals surface area contributed by atoms with Crippen LogP contribution in [-0.2, 0) is 0 Å². The van der Waals surface area contributed by atoms with Crippen molar-refractivity contribution in [2.75, 3.05) is 45.7 Å². The molecule has 0 aliphatic heterocycles. The Bertz CT molecular complexity index is 462. The summed E-state index contributed by atoms with van der Waals surface area (Å²) in [5.74, 6) is 0.977. The summed E-state index contributed by atoms with van der Waals surface area (Å²) >= 11 is 0. The van der Waals surface area contributed by atoms with Gasteiger partial charge < -0.3 is 15.1 Å². The van der Waals surface area contributed by atoms with E-state index in [0.29, 0.717) is 0 Å². The number of halogens is 1. The van der Waals surface area contributed by atoms with Crippen molar-refractivity contribution in [2.24, 2.45) is 4.99 Å². The molecule has 1 aromatic carbocycles. The first-order valence-electron chi connectivity index (χ1n) is 8.48. The van der Waals surface area contributed by atoms with Crippen LogP contribution in [0.15, 0.2) is 48.0 Å². The number of hydrogen-bond acceptors (Lipinski definition) is 2. The third kappa shape index (κ3) is 9.15. The van der Waals surface area contributed by atoms with Gasteiger partial charge in [-0.3, -0.25) is 4.99 Å². The normalized spacial score (nSPS) is 10.7. The van der Waals surface area contributed by atoms with Gasteiger partial charge in [0.1, 0.15) is 0 Å². The van der Waals surface area contributed by atoms with Crippen LogP contribution in [0.2, 0.25) is 0 Å². The van der Waals surface area contributed by atoms with Gasteiger partial charge in [-0.05, 0) is 37.8 Å². The lowest BCUT2D eigenvalue weighted by Gasteiger charge is -2.22. The van der Waals surface area contributed by atoms with E-state index < -0.39 is 0 Å². The summed E-state index contributed by atoms with van der Waals surface area (Å²) in [6, 6.07) is 10.5. The van der Waals surface area contributed by atoms with Crippen LogP contribution in [0.3, 0.4) is 0 Å². The molecule has 1 aromatic rings. The Morgan fingerprint density at radius 3 is 2.46 bits per heavy atom. The van der Waals surface area contributed by atoms with Gasteiger partial charge in [0.2, 0.25) is 0 Å². The first-order valence-corrected chi connectivity index (χ1v) is 8.48. The number of aliphatic imine (C=N–C) groups is 1. The molecule has 0 fully saturated rings. The molecule has 136 valence electrons. The Hall–Kier alpha value is -1.24. The van der Waals surface area contributed by atoms with Crippen molar-refractivity contribution in [1.82, 2.24) is 10.2 Å². The molecular formula is C19H33IN4. The zero-order valence-corrected chi connectivity index (χ0v) is 17.7. The Kier molecular flexibility index (Phi) is 13.4. The van der Waals surface area contributed by atoms with Crippen molar-refractivity contribution < 1.29 is 0 Å². The van der Waals surface area contributed by atoms with Gasteiger partial charge in [-0.25, -0.2) is 0 Å². The maximum Gasteiger partial charge on any atom is 0.193 e. The average molecular weight is 444 g/mol. The molecule has 24 heavy (non-hydrogen) atoms. The molecule has 5 heteroatoms. The lowest BCUT2D eigenvalue weighted by Crippen LogP contribution is -2.39. The average Bonchev–Trinajstić information content (AvgIpc) is 2.58. The predicted octanol–water partition coefficient (Wildman–Crippen LogP) is 3.99. The number of hydrogen-bond donors (Lipinski definition) is 1. The Morgan fingerprint density at radius 1 is 1.12 bits per heavy atom. The van der Waals surface area contributed by atoms with Gasteiger partial charge in [0.05, 0.1) is 0 Å². The van der Waals surface area contributed by atoms with E-state index in [9.17, 15) is 0 Å². The maximum atomic E-state index is 4.34. The van der Waals surface area contributed by atoms with Crippen molar-refractivity contribution in [1.29, 1.82) is 0 Å². The summed E-state index contributed by atoms with van der Waals surface area (Å²) < 4.78 is 0. The molecule has 0 unspecified atom stereocenters. The fraction of sp³-hybridized carbons (Fsp3) is 0.526. The van der Waals surface area contributed by atoms with E-state index in [1.165, 1.54) is 5.69 Å². The number of unbranched alkanes of at least 4 members (excludes halogenated alkanes) is 2. The van der Waals surface area contributed by atoms with Crippen LogP contribution < -0.4 is 10.2 Å². The van der Waals surface area contributed by atoms with Gasteiger partial charge >= 0.3 is 0 Å². The van der Waals surface area contributed by atoms with Gasteiger partial charge in [-0.1, -0.05) is 24.3 Å². The minimum absolute atomic E-state index is 0. The Balaban J connectivity index is 0.00000529. The van der Waals surface area contributed by atoms with Gasteiger partial charge in [0, 0.05) is 46.5 Å². The number of para-hydroxylation sites is 1. The van der Waals surface area contributed by atoms with E-state index in [1.54, 1.807) is 0 Å². The zero-order chi connectivity index (χ0) is 16.9. The van der Waals surface area contributed by atoms with Gasteiger partial charge in [0.15, 0.2) is 5.96 Å². The highest BCUT2D eigenvalue weighted by atomic mass is 127. The fourth-order valence-electron chi connectivity index (χ4n) is 2.45. The number of allylic oxidation sites excluding steroid dienone is 1. The van der Waals surface area contributed by atoms with Crippen LogP contribution in [0.5, 0.6) is 0 Å². The summed E-state index contributed by atoms with van der Waals surface area (Å²) in [4.78, 5) is 8.82. The Labute approximate surface area is 165 Å². The van der Waals surface area contributed by atoms with E-state index in [1.807, 2.05) is 13.1 Å². The molecule has 0 aromatic heterocycles. The van der Waals surface area contributed by atoms with E-state index in [0.717, 1.165) is 51.3 Å². The molecule has 0 bridgehead atoms. The number of rotatable bonds is 10. The van der Waals surface area contributed by atoms with Crippen molar-refractivity contribution in [3.8, 4) is 0 Å². The molecule has 1 rings (SSSR count). The third-order valence-electron chi connectivity index (χ3n) is 3.88. The molecular weight excluding hydrogens is 411 g/mol. The first kappa shape index (κ1) is 22.8. The highest BCUT2D eigenvalue weighted by Crippen LogP contribution is 2.11. The molecule has 0 saturated heterocycles. The van der Waals surface area contributed by atoms with Gasteiger partial charge in [-0.15, -0.1) is 30.6 Å². The van der Waals surface area contributed by atoms with Crippen molar-refractivity contribution in [2.45, 2.75) is 25.7 Å². The van der Waals surface area contributed by atoms with Crippen molar-refractivity contribution in [3.63, 3.8) is 0 Å². The van der Waals surface area contributed by atoms with Crippen molar-refractivity contribution in [3.05, 3.63) is 43.0 Å². The highest BCUT2D eigenvalue weighted by Gasteiger charge is 2.04. The minimum atomic E-state index is 0. The largest absolute Gasteiger partial charge is 0.375 e. The predicted molar refractivity (Wildman–Crippen MR) is 118 cm³/mol. The number of guanidine groups is 1. The first-order chi connectivity index (χ1) is 11.2. The van der Waals surface area contributed by atoms with Crippen LogP contribution in [0.1, 0.15) is 25.7 Å². The fourth-order valence-corrected chi connectivity index (χ4v) is 2.45. The summed E-state index contributed by atoms with van der Waals surface area (Å²) in [6.07, 6.45) is 6.43. The van der Waals surface area contributed by atoms with E-state index >= 15 is 0 Å². The smallest absolute Gasteiger partial charge is 0.193 e. The maximum absolute atomic E-state index is 4.34. The van der Waals surface area contributed by atoms with Gasteiger partial charge in [0.25, 0.3) is 0 Å². The molecule has 0 atom stereocenters. The van der Waals surface area contributed by atoms with E-state index in [2.05, 4.69) is 71.1 Å². The summed E-state index contributed by atoms with van der Waals surface area (Å²) in [6.45, 7) is 6.79. The number of nitrogens with one attached hydrogen (secondary N) is 1. The van der Waals surface area contributed by atoms with Gasteiger partial charge in [-0.2, -0.15) is 0 Å². The van der Waals surface area contributed by atoms with Crippen LogP contribution in [0, 0.1) is 0 Å². The van der Waals surface area contributed by atoms with E-state index in [-0.39, 0.29) is 24.0 Å². The second-order valence-electron chi connectivity index (χ2n) is 5.79. The van der Waals surface area contributed by atoms with E-state index in [4.69, 9.17) is 0 Å². The molecule has 1 N–H and O–H groups in total. The molecule has 4 nitrogen and oxygen atoms in total. The second-order valence-corrected chi connectivity index (χ2v) is 5.79. The monoisotopic (exact) mass is 444 g/mol. The quantitative estimate of drug-likeness (QED) is 0.195. The summed E-state index contributed by atoms with van der Waals surface area (Å²) in [5, 5.41) is 3.44. The molecule has 0 saturated carbocycles. The number of benzene rings is 1. The standard InChI is InChI=1S/C19H32N4.HI/c1-5-6-11-17-23(4)19(20-2)21-15-10-12-16-22(3)18-13-8-7-9-14-18;/h5,7-9,13-14H,1,6,10-12,15-17H2,2-4H3,(H,20,21);1H. The molecule has 0 amide bonds. The van der Waals surface area contributed by atoms with Crippen LogP contribution in [0.4, 0.5) is 5.69 Å². The highest BCUT2D eigenvalue weighted by molar-refractivity contribution is 14.0. The van der Waals surface area contributed by atoms with Crippen molar-refractivity contribution >= 4 is 35.6 Å². The molecule has 0 spiro atoms. The Morgan fingerprint density at radius 2 is 1.83 bits per heavy atom.